The molecule has 6 nitrogen and oxygen atoms in total. The van der Waals surface area contributed by atoms with E-state index in [0.29, 0.717) is 39.3 Å². The summed E-state index contributed by atoms with van der Waals surface area (Å²) in [6.07, 6.45) is 0. The Morgan fingerprint density at radius 1 is 0.966 bits per heavy atom. The number of carbonyl (C=O) groups is 2. The summed E-state index contributed by atoms with van der Waals surface area (Å²) >= 11 is 0. The second kappa shape index (κ2) is 7.31. The molecule has 1 N–H and O–H groups in total. The smallest absolute Gasteiger partial charge is 0.259 e. The number of rotatable bonds is 4. The lowest BCUT2D eigenvalue weighted by molar-refractivity contribution is 0.101. The topological polar surface area (TPSA) is 85.1 Å². The molecule has 0 aliphatic carbocycles. The standard InChI is InChI=1S/C23H19N3O3/c1-13-8-10-16(11-9-13)20-12-18(21-14(2)26-29-23(21)25-20)22(28)24-19-7-5-4-6-17(19)15(3)27/h4-12H,1-3H3,(H,24,28). The zero-order valence-corrected chi connectivity index (χ0v) is 16.3. The lowest BCUT2D eigenvalue weighted by Gasteiger charge is -2.11. The number of nitrogens with zero attached hydrogens (tertiary/aromatic N) is 2. The largest absolute Gasteiger partial charge is 0.335 e. The number of Topliss-reactive ketones (excluding diaryl/α,β-unsaturated/α-hetero) is 1. The Kier molecular flexibility index (Phi) is 4.68. The Labute approximate surface area is 167 Å². The second-order valence-corrected chi connectivity index (χ2v) is 6.93. The Morgan fingerprint density at radius 3 is 2.41 bits per heavy atom. The molecule has 1 amide bonds. The molecule has 0 radical (unpaired) electrons. The first-order valence-corrected chi connectivity index (χ1v) is 9.19. The maximum absolute atomic E-state index is 13.2. The van der Waals surface area contributed by atoms with Gasteiger partial charge in [0.15, 0.2) is 5.78 Å². The van der Waals surface area contributed by atoms with Crippen molar-refractivity contribution in [3.05, 3.63) is 77.0 Å². The van der Waals surface area contributed by atoms with Crippen molar-refractivity contribution in [3.8, 4) is 11.3 Å². The van der Waals surface area contributed by atoms with E-state index in [2.05, 4.69) is 15.5 Å². The number of para-hydroxylation sites is 1. The van der Waals surface area contributed by atoms with Gasteiger partial charge in [0.05, 0.1) is 28.0 Å². The summed E-state index contributed by atoms with van der Waals surface area (Å²) in [4.78, 5) is 29.6. The highest BCUT2D eigenvalue weighted by atomic mass is 16.5. The second-order valence-electron chi connectivity index (χ2n) is 6.93. The molecule has 29 heavy (non-hydrogen) atoms. The summed E-state index contributed by atoms with van der Waals surface area (Å²) < 4.78 is 5.34. The van der Waals surface area contributed by atoms with Crippen LogP contribution in [0.1, 0.15) is 38.9 Å². The monoisotopic (exact) mass is 385 g/mol. The van der Waals surface area contributed by atoms with Gasteiger partial charge in [-0.3, -0.25) is 9.59 Å². The minimum absolute atomic E-state index is 0.123. The van der Waals surface area contributed by atoms with Crippen LogP contribution >= 0.6 is 0 Å². The number of hydrogen-bond acceptors (Lipinski definition) is 5. The van der Waals surface area contributed by atoms with Gasteiger partial charge in [0, 0.05) is 11.1 Å². The van der Waals surface area contributed by atoms with Gasteiger partial charge in [-0.15, -0.1) is 0 Å². The number of aromatic nitrogens is 2. The first-order chi connectivity index (χ1) is 13.9. The van der Waals surface area contributed by atoms with Crippen molar-refractivity contribution in [3.63, 3.8) is 0 Å². The van der Waals surface area contributed by atoms with Gasteiger partial charge in [-0.1, -0.05) is 47.1 Å². The highest BCUT2D eigenvalue weighted by Gasteiger charge is 2.20. The molecule has 0 fully saturated rings. The number of benzene rings is 2. The number of hydrogen-bond donors (Lipinski definition) is 1. The molecular formula is C23H19N3O3. The van der Waals surface area contributed by atoms with E-state index in [1.807, 2.05) is 31.2 Å². The van der Waals surface area contributed by atoms with E-state index in [-0.39, 0.29) is 11.7 Å². The van der Waals surface area contributed by atoms with Crippen molar-refractivity contribution in [2.24, 2.45) is 0 Å². The van der Waals surface area contributed by atoms with Crippen LogP contribution in [0, 0.1) is 13.8 Å². The summed E-state index contributed by atoms with van der Waals surface area (Å²) in [5, 5.41) is 7.37. The molecule has 0 atom stereocenters. The lowest BCUT2D eigenvalue weighted by Crippen LogP contribution is -2.15. The van der Waals surface area contributed by atoms with E-state index in [0.717, 1.165) is 11.1 Å². The number of aryl methyl sites for hydroxylation is 2. The number of nitrogens with one attached hydrogen (secondary N) is 1. The molecule has 0 saturated heterocycles. The fourth-order valence-electron chi connectivity index (χ4n) is 3.23. The van der Waals surface area contributed by atoms with Crippen molar-refractivity contribution >= 4 is 28.5 Å². The maximum Gasteiger partial charge on any atom is 0.259 e. The van der Waals surface area contributed by atoms with Crippen LogP contribution in [0.3, 0.4) is 0 Å². The van der Waals surface area contributed by atoms with Gasteiger partial charge in [0.1, 0.15) is 0 Å². The molecule has 4 aromatic rings. The first-order valence-electron chi connectivity index (χ1n) is 9.19. The number of amides is 1. The van der Waals surface area contributed by atoms with Gasteiger partial charge in [0.2, 0.25) is 0 Å². The van der Waals surface area contributed by atoms with E-state index in [9.17, 15) is 9.59 Å². The molecule has 2 aromatic carbocycles. The van der Waals surface area contributed by atoms with Crippen LogP contribution in [0.25, 0.3) is 22.4 Å². The third kappa shape index (κ3) is 3.52. The summed E-state index contributed by atoms with van der Waals surface area (Å²) in [5.41, 5.74) is 4.78. The maximum atomic E-state index is 13.2. The zero-order chi connectivity index (χ0) is 20.5. The van der Waals surface area contributed by atoms with Crippen molar-refractivity contribution in [1.29, 1.82) is 0 Å². The third-order valence-electron chi connectivity index (χ3n) is 4.76. The van der Waals surface area contributed by atoms with Gasteiger partial charge >= 0.3 is 0 Å². The summed E-state index contributed by atoms with van der Waals surface area (Å²) in [6.45, 7) is 5.24. The SMILES string of the molecule is CC(=O)c1ccccc1NC(=O)c1cc(-c2ccc(C)cc2)nc2onc(C)c12. The van der Waals surface area contributed by atoms with Crippen LogP contribution in [-0.2, 0) is 0 Å². The molecule has 0 unspecified atom stereocenters. The molecule has 144 valence electrons. The van der Waals surface area contributed by atoms with Crippen LogP contribution in [0.2, 0.25) is 0 Å². The number of ketones is 1. The van der Waals surface area contributed by atoms with E-state index in [1.54, 1.807) is 37.3 Å². The summed E-state index contributed by atoms with van der Waals surface area (Å²) in [7, 11) is 0. The fraction of sp³-hybridized carbons (Fsp3) is 0.130. The molecule has 2 heterocycles. The van der Waals surface area contributed by atoms with Gasteiger partial charge in [-0.05, 0) is 39.0 Å². The predicted molar refractivity (Wildman–Crippen MR) is 111 cm³/mol. The molecule has 0 spiro atoms. The Balaban J connectivity index is 1.82. The van der Waals surface area contributed by atoms with E-state index in [4.69, 9.17) is 4.52 Å². The summed E-state index contributed by atoms with van der Waals surface area (Å²) in [5.74, 6) is -0.479. The van der Waals surface area contributed by atoms with Crippen molar-refractivity contribution in [2.45, 2.75) is 20.8 Å². The predicted octanol–water partition coefficient (Wildman–Crippen LogP) is 4.96. The van der Waals surface area contributed by atoms with Crippen LogP contribution in [0.4, 0.5) is 5.69 Å². The molecule has 0 aliphatic rings. The van der Waals surface area contributed by atoms with Crippen molar-refractivity contribution in [1.82, 2.24) is 10.1 Å². The quantitative estimate of drug-likeness (QED) is 0.502. The highest BCUT2D eigenvalue weighted by Crippen LogP contribution is 2.28. The van der Waals surface area contributed by atoms with E-state index < -0.39 is 0 Å². The normalized spacial score (nSPS) is 10.9. The number of pyridine rings is 1. The Hall–Kier alpha value is -3.80. The molecule has 2 aromatic heterocycles. The minimum Gasteiger partial charge on any atom is -0.335 e. The molecule has 0 saturated carbocycles. The van der Waals surface area contributed by atoms with E-state index in [1.165, 1.54) is 6.92 Å². The van der Waals surface area contributed by atoms with Crippen LogP contribution < -0.4 is 5.32 Å². The van der Waals surface area contributed by atoms with Crippen molar-refractivity contribution < 1.29 is 14.1 Å². The molecule has 0 bridgehead atoms. The van der Waals surface area contributed by atoms with Crippen LogP contribution in [-0.4, -0.2) is 21.8 Å². The lowest BCUT2D eigenvalue weighted by atomic mass is 10.0. The Bertz CT molecular complexity index is 1240. The van der Waals surface area contributed by atoms with Gasteiger partial charge in [-0.25, -0.2) is 4.98 Å². The van der Waals surface area contributed by atoms with Crippen molar-refractivity contribution in [2.75, 3.05) is 5.32 Å². The number of carbonyl (C=O) groups excluding carboxylic acids is 2. The fourth-order valence-corrected chi connectivity index (χ4v) is 3.23. The molecule has 6 heteroatoms. The van der Waals surface area contributed by atoms with Crippen LogP contribution in [0.15, 0.2) is 59.1 Å². The van der Waals surface area contributed by atoms with Gasteiger partial charge < -0.3 is 9.84 Å². The van der Waals surface area contributed by atoms with E-state index >= 15 is 0 Å². The van der Waals surface area contributed by atoms with Crippen LogP contribution in [0.5, 0.6) is 0 Å². The van der Waals surface area contributed by atoms with Gasteiger partial charge in [0.25, 0.3) is 11.6 Å². The molecular weight excluding hydrogens is 366 g/mol. The molecule has 4 rings (SSSR count). The average Bonchev–Trinajstić information content (AvgIpc) is 3.09. The molecule has 0 aliphatic heterocycles. The minimum atomic E-state index is -0.356. The zero-order valence-electron chi connectivity index (χ0n) is 16.3. The summed E-state index contributed by atoms with van der Waals surface area (Å²) in [6, 6.07) is 16.5. The Morgan fingerprint density at radius 2 is 1.69 bits per heavy atom. The average molecular weight is 385 g/mol. The number of fused-ring (bicyclic) bond motifs is 1. The first kappa shape index (κ1) is 18.6. The highest BCUT2D eigenvalue weighted by molar-refractivity contribution is 6.15. The third-order valence-corrected chi connectivity index (χ3v) is 4.76. The van der Waals surface area contributed by atoms with Gasteiger partial charge in [-0.2, -0.15) is 0 Å². The number of anilines is 1.